The molecule has 2 aromatic rings. The third kappa shape index (κ3) is 6.96. The first kappa shape index (κ1) is 26.0. The fraction of sp³-hybridized carbons (Fsp3) is 0.462. The number of aromatic carboxylic acids is 1. The molecule has 2 heterocycles. The van der Waals surface area contributed by atoms with Crippen molar-refractivity contribution >= 4 is 23.2 Å². The number of carboxylic acids is 1. The van der Waals surface area contributed by atoms with E-state index in [-0.39, 0.29) is 17.3 Å². The monoisotopic (exact) mass is 491 g/mol. The average molecular weight is 492 g/mol. The average Bonchev–Trinajstić information content (AvgIpc) is 3.36. The Morgan fingerprint density at radius 2 is 1.94 bits per heavy atom. The molecule has 0 radical (unpaired) electrons. The number of halogens is 2. The van der Waals surface area contributed by atoms with Gasteiger partial charge in [0.25, 0.3) is 5.91 Å². The van der Waals surface area contributed by atoms with Crippen LogP contribution in [0.4, 0.5) is 8.78 Å². The lowest BCUT2D eigenvalue weighted by Crippen LogP contribution is -2.36. The second-order valence-electron chi connectivity index (χ2n) is 8.88. The number of amides is 1. The van der Waals surface area contributed by atoms with E-state index in [1.165, 1.54) is 28.7 Å². The van der Waals surface area contributed by atoms with Gasteiger partial charge in [0, 0.05) is 17.8 Å². The molecule has 1 saturated heterocycles. The zero-order valence-corrected chi connectivity index (χ0v) is 20.0. The van der Waals surface area contributed by atoms with Crippen molar-refractivity contribution in [2.45, 2.75) is 63.5 Å². The van der Waals surface area contributed by atoms with E-state index in [1.807, 2.05) is 25.1 Å². The highest BCUT2D eigenvalue weighted by molar-refractivity contribution is 7.13. The zero-order valence-electron chi connectivity index (χ0n) is 19.2. The SMILES string of the molecule is C[C@@H](CCCc1ccccc1)[C@H](O)C=CC1CC(F)(F)C(=O)N1CCCc1ccc(C(=O)O)s1. The molecule has 3 rings (SSSR count). The molecule has 1 aliphatic heterocycles. The van der Waals surface area contributed by atoms with Crippen LogP contribution < -0.4 is 0 Å². The summed E-state index contributed by atoms with van der Waals surface area (Å²) >= 11 is 1.15. The van der Waals surface area contributed by atoms with Gasteiger partial charge in [-0.25, -0.2) is 4.79 Å². The Balaban J connectivity index is 1.51. The Kier molecular flexibility index (Phi) is 8.97. The summed E-state index contributed by atoms with van der Waals surface area (Å²) in [5.41, 5.74) is 1.24. The molecular formula is C26H31F2NO4S. The molecule has 1 fully saturated rings. The molecule has 8 heteroatoms. The lowest BCUT2D eigenvalue weighted by molar-refractivity contribution is -0.148. The van der Waals surface area contributed by atoms with Crippen molar-refractivity contribution in [3.63, 3.8) is 0 Å². The molecule has 1 aliphatic rings. The van der Waals surface area contributed by atoms with Crippen LogP contribution in [0.15, 0.2) is 54.6 Å². The summed E-state index contributed by atoms with van der Waals surface area (Å²) in [7, 11) is 0. The lowest BCUT2D eigenvalue weighted by Gasteiger charge is -2.22. The molecule has 0 aliphatic carbocycles. The van der Waals surface area contributed by atoms with Gasteiger partial charge < -0.3 is 15.1 Å². The number of carbonyl (C=O) groups is 2. The maximum atomic E-state index is 14.1. The molecule has 0 spiro atoms. The van der Waals surface area contributed by atoms with Gasteiger partial charge in [0.05, 0.1) is 12.1 Å². The van der Waals surface area contributed by atoms with Crippen molar-refractivity contribution < 1.29 is 28.6 Å². The highest BCUT2D eigenvalue weighted by Gasteiger charge is 2.52. The van der Waals surface area contributed by atoms with Crippen LogP contribution in [0.2, 0.25) is 0 Å². The number of likely N-dealkylation sites (tertiary alicyclic amines) is 1. The highest BCUT2D eigenvalue weighted by Crippen LogP contribution is 2.34. The Bertz CT molecular complexity index is 992. The third-order valence-corrected chi connectivity index (χ3v) is 7.35. The number of aliphatic hydroxyl groups is 1. The number of benzene rings is 1. The Hall–Kier alpha value is -2.58. The van der Waals surface area contributed by atoms with Gasteiger partial charge in [0.15, 0.2) is 0 Å². The van der Waals surface area contributed by atoms with Gasteiger partial charge in [-0.15, -0.1) is 11.3 Å². The molecule has 3 atom stereocenters. The minimum absolute atomic E-state index is 0.0340. The summed E-state index contributed by atoms with van der Waals surface area (Å²) in [6.07, 6.45) is 5.27. The Morgan fingerprint density at radius 3 is 2.62 bits per heavy atom. The molecule has 0 saturated carbocycles. The molecule has 34 heavy (non-hydrogen) atoms. The fourth-order valence-corrected chi connectivity index (χ4v) is 5.07. The molecular weight excluding hydrogens is 460 g/mol. The van der Waals surface area contributed by atoms with Crippen LogP contribution in [0, 0.1) is 5.92 Å². The van der Waals surface area contributed by atoms with Crippen molar-refractivity contribution in [2.24, 2.45) is 5.92 Å². The number of carboxylic acid groups (broad SMARTS) is 1. The zero-order chi connectivity index (χ0) is 24.7. The number of hydrogen-bond acceptors (Lipinski definition) is 4. The number of rotatable bonds is 12. The van der Waals surface area contributed by atoms with Gasteiger partial charge in [-0.3, -0.25) is 4.79 Å². The third-order valence-electron chi connectivity index (χ3n) is 6.22. The van der Waals surface area contributed by atoms with Crippen molar-refractivity contribution in [1.82, 2.24) is 4.90 Å². The number of aliphatic hydroxyl groups excluding tert-OH is 1. The Labute approximate surface area is 202 Å². The molecule has 1 amide bonds. The van der Waals surface area contributed by atoms with Crippen molar-refractivity contribution in [3.05, 3.63) is 69.9 Å². The normalized spacial score (nSPS) is 19.6. The quantitative estimate of drug-likeness (QED) is 0.401. The molecule has 0 bridgehead atoms. The van der Waals surface area contributed by atoms with E-state index in [4.69, 9.17) is 5.11 Å². The minimum atomic E-state index is -3.42. The maximum Gasteiger partial charge on any atom is 0.345 e. The van der Waals surface area contributed by atoms with E-state index in [2.05, 4.69) is 12.1 Å². The standard InChI is InChI=1S/C26H31F2NO4S/c1-18(7-5-10-19-8-3-2-4-9-19)22(30)14-12-20-17-26(27,28)25(33)29(20)16-6-11-21-13-15-23(34-21)24(31)32/h2-4,8-9,12-15,18,20,22,30H,5-7,10-11,16-17H2,1H3,(H,31,32)/t18-,20?,22+/m0/s1. The van der Waals surface area contributed by atoms with E-state index in [9.17, 15) is 23.5 Å². The fourth-order valence-electron chi connectivity index (χ4n) is 4.19. The van der Waals surface area contributed by atoms with E-state index >= 15 is 0 Å². The number of alkyl halides is 2. The second-order valence-corrected chi connectivity index (χ2v) is 10.0. The van der Waals surface area contributed by atoms with Gasteiger partial charge in [-0.2, -0.15) is 8.78 Å². The summed E-state index contributed by atoms with van der Waals surface area (Å²) in [4.78, 5) is 25.5. The summed E-state index contributed by atoms with van der Waals surface area (Å²) in [5.74, 6) is -5.64. The predicted octanol–water partition coefficient (Wildman–Crippen LogP) is 5.19. The first-order valence-electron chi connectivity index (χ1n) is 11.6. The van der Waals surface area contributed by atoms with Crippen LogP contribution in [-0.2, 0) is 17.6 Å². The van der Waals surface area contributed by atoms with Crippen LogP contribution in [0.3, 0.4) is 0 Å². The van der Waals surface area contributed by atoms with E-state index < -0.39 is 36.4 Å². The topological polar surface area (TPSA) is 77.8 Å². The van der Waals surface area contributed by atoms with Gasteiger partial charge in [0.1, 0.15) is 4.88 Å². The summed E-state index contributed by atoms with van der Waals surface area (Å²) in [6.45, 7) is 2.07. The first-order chi connectivity index (χ1) is 16.2. The van der Waals surface area contributed by atoms with Crippen molar-refractivity contribution in [1.29, 1.82) is 0 Å². The predicted molar refractivity (Wildman–Crippen MR) is 128 cm³/mol. The van der Waals surface area contributed by atoms with E-state index in [0.717, 1.165) is 35.5 Å². The summed E-state index contributed by atoms with van der Waals surface area (Å²) in [6, 6.07) is 12.5. The summed E-state index contributed by atoms with van der Waals surface area (Å²) in [5, 5.41) is 19.5. The maximum absolute atomic E-state index is 14.1. The minimum Gasteiger partial charge on any atom is -0.477 e. The van der Waals surface area contributed by atoms with Crippen LogP contribution in [0.5, 0.6) is 0 Å². The molecule has 1 aromatic heterocycles. The van der Waals surface area contributed by atoms with Crippen LogP contribution in [0.25, 0.3) is 0 Å². The number of carbonyl (C=O) groups excluding carboxylic acids is 1. The van der Waals surface area contributed by atoms with Crippen LogP contribution >= 0.6 is 11.3 Å². The van der Waals surface area contributed by atoms with E-state index in [1.54, 1.807) is 6.07 Å². The number of hydrogen-bond donors (Lipinski definition) is 2. The number of thiophene rings is 1. The highest BCUT2D eigenvalue weighted by atomic mass is 32.1. The van der Waals surface area contributed by atoms with Gasteiger partial charge >= 0.3 is 11.9 Å². The van der Waals surface area contributed by atoms with Gasteiger partial charge in [0.2, 0.25) is 0 Å². The number of aryl methyl sites for hydroxylation is 2. The van der Waals surface area contributed by atoms with Gasteiger partial charge in [-0.05, 0) is 55.7 Å². The van der Waals surface area contributed by atoms with Crippen LogP contribution in [0.1, 0.15) is 52.7 Å². The number of nitrogens with zero attached hydrogens (tertiary/aromatic N) is 1. The molecule has 184 valence electrons. The lowest BCUT2D eigenvalue weighted by atomic mass is 9.95. The molecule has 1 unspecified atom stereocenters. The summed E-state index contributed by atoms with van der Waals surface area (Å²) < 4.78 is 28.3. The molecule has 2 N–H and O–H groups in total. The van der Waals surface area contributed by atoms with Crippen molar-refractivity contribution in [3.8, 4) is 0 Å². The molecule has 1 aromatic carbocycles. The smallest absolute Gasteiger partial charge is 0.345 e. The molecule has 5 nitrogen and oxygen atoms in total. The second kappa shape index (κ2) is 11.7. The first-order valence-corrected chi connectivity index (χ1v) is 12.4. The van der Waals surface area contributed by atoms with Gasteiger partial charge in [-0.1, -0.05) is 49.4 Å². The van der Waals surface area contributed by atoms with Crippen molar-refractivity contribution in [2.75, 3.05) is 6.54 Å². The van der Waals surface area contributed by atoms with Crippen LogP contribution in [-0.4, -0.2) is 51.6 Å². The van der Waals surface area contributed by atoms with E-state index in [0.29, 0.717) is 12.8 Å². The largest absolute Gasteiger partial charge is 0.477 e. The Morgan fingerprint density at radius 1 is 1.21 bits per heavy atom.